The van der Waals surface area contributed by atoms with E-state index in [0.717, 1.165) is 35.4 Å². The third-order valence-electron chi connectivity index (χ3n) is 6.10. The Balaban J connectivity index is 1.59. The topological polar surface area (TPSA) is 33.4 Å². The standard InChI is InChI=1S/C25H24F2N4/c1-3-18-16-30(22-11-7-8-19-14-25(26,27)15-21(19)22)29-24(17(18)2)23-12-13-28-31(23)20-9-5-4-6-10-20/h4-9,11-13,16,20H,2-3,10,14-15H2,1H3. The fourth-order valence-corrected chi connectivity index (χ4v) is 4.53. The third-order valence-corrected chi connectivity index (χ3v) is 6.10. The second-order valence-corrected chi connectivity index (χ2v) is 8.18. The first-order chi connectivity index (χ1) is 15.0. The molecule has 1 unspecified atom stereocenters. The van der Waals surface area contributed by atoms with E-state index in [4.69, 9.17) is 5.10 Å². The van der Waals surface area contributed by atoms with Crippen LogP contribution in [-0.2, 0) is 12.8 Å². The minimum Gasteiger partial charge on any atom is -0.256 e. The van der Waals surface area contributed by atoms with E-state index in [-0.39, 0.29) is 18.9 Å². The predicted molar refractivity (Wildman–Crippen MR) is 119 cm³/mol. The molecule has 0 radical (unpaired) electrons. The molecule has 1 atom stereocenters. The first-order valence-electron chi connectivity index (χ1n) is 10.6. The van der Waals surface area contributed by atoms with Gasteiger partial charge < -0.3 is 0 Å². The molecule has 31 heavy (non-hydrogen) atoms. The fourth-order valence-electron chi connectivity index (χ4n) is 4.53. The summed E-state index contributed by atoms with van der Waals surface area (Å²) in [6.45, 7) is 6.36. The van der Waals surface area contributed by atoms with Gasteiger partial charge in [0.05, 0.1) is 17.4 Å². The molecule has 0 amide bonds. The number of rotatable bonds is 4. The highest BCUT2D eigenvalue weighted by molar-refractivity contribution is 6.15. The Kier molecular flexibility index (Phi) is 4.73. The molecule has 3 aliphatic rings. The minimum absolute atomic E-state index is 0.106. The number of anilines is 1. The van der Waals surface area contributed by atoms with E-state index >= 15 is 0 Å². The van der Waals surface area contributed by atoms with Crippen LogP contribution in [-0.4, -0.2) is 21.4 Å². The van der Waals surface area contributed by atoms with Crippen molar-refractivity contribution < 1.29 is 8.78 Å². The van der Waals surface area contributed by atoms with Gasteiger partial charge >= 0.3 is 0 Å². The normalized spacial score (nSPS) is 21.8. The van der Waals surface area contributed by atoms with Gasteiger partial charge in [0.15, 0.2) is 0 Å². The summed E-state index contributed by atoms with van der Waals surface area (Å²) in [4.78, 5) is 0. The molecule has 2 aromatic rings. The van der Waals surface area contributed by atoms with Gasteiger partial charge in [0.1, 0.15) is 5.71 Å². The molecule has 1 aromatic heterocycles. The zero-order valence-electron chi connectivity index (χ0n) is 17.4. The van der Waals surface area contributed by atoms with Crippen molar-refractivity contribution in [2.75, 3.05) is 5.01 Å². The maximum absolute atomic E-state index is 14.1. The smallest absolute Gasteiger partial charge is 0.256 e. The third kappa shape index (κ3) is 3.46. The summed E-state index contributed by atoms with van der Waals surface area (Å²) in [7, 11) is 0. The quantitative estimate of drug-likeness (QED) is 0.634. The van der Waals surface area contributed by atoms with Crippen molar-refractivity contribution in [2.24, 2.45) is 5.10 Å². The van der Waals surface area contributed by atoms with Crippen LogP contribution in [0.5, 0.6) is 0 Å². The predicted octanol–water partition coefficient (Wildman–Crippen LogP) is 5.75. The zero-order valence-corrected chi connectivity index (χ0v) is 17.4. The van der Waals surface area contributed by atoms with Crippen LogP contribution < -0.4 is 5.01 Å². The molecule has 158 valence electrons. The van der Waals surface area contributed by atoms with Crippen molar-refractivity contribution in [3.05, 3.63) is 95.5 Å². The van der Waals surface area contributed by atoms with Gasteiger partial charge in [-0.15, -0.1) is 0 Å². The van der Waals surface area contributed by atoms with Crippen molar-refractivity contribution in [1.82, 2.24) is 9.78 Å². The average molecular weight is 418 g/mol. The molecule has 0 fully saturated rings. The number of hydrogen-bond donors (Lipinski definition) is 0. The summed E-state index contributed by atoms with van der Waals surface area (Å²) in [5.41, 5.74) is 5.53. The Morgan fingerprint density at radius 2 is 2.06 bits per heavy atom. The molecule has 0 saturated heterocycles. The van der Waals surface area contributed by atoms with Crippen molar-refractivity contribution >= 4 is 11.4 Å². The Labute approximate surface area is 180 Å². The SMILES string of the molecule is C=C1C(CC)=CN(c2cccc3c2CC(F)(F)C3)N=C1c1ccnn1C1C=CC=CC1. The van der Waals surface area contributed by atoms with Crippen LogP contribution in [0.4, 0.5) is 14.5 Å². The Morgan fingerprint density at radius 1 is 1.19 bits per heavy atom. The van der Waals surface area contributed by atoms with E-state index < -0.39 is 5.92 Å². The van der Waals surface area contributed by atoms with Crippen molar-refractivity contribution in [3.8, 4) is 0 Å². The van der Waals surface area contributed by atoms with E-state index in [1.54, 1.807) is 17.3 Å². The zero-order chi connectivity index (χ0) is 21.6. The lowest BCUT2D eigenvalue weighted by Gasteiger charge is -2.28. The number of fused-ring (bicyclic) bond motifs is 1. The Bertz CT molecular complexity index is 1170. The second kappa shape index (κ2) is 7.45. The lowest BCUT2D eigenvalue weighted by molar-refractivity contribution is 0.0131. The van der Waals surface area contributed by atoms with Gasteiger partial charge in [-0.1, -0.05) is 49.9 Å². The molecular weight excluding hydrogens is 394 g/mol. The summed E-state index contributed by atoms with van der Waals surface area (Å²) in [6.07, 6.45) is 13.1. The fraction of sp³-hybridized carbons (Fsp3) is 0.280. The van der Waals surface area contributed by atoms with E-state index in [1.165, 1.54) is 0 Å². The number of allylic oxidation sites excluding steroid dienone is 6. The molecule has 1 aliphatic heterocycles. The van der Waals surface area contributed by atoms with Gasteiger partial charge in [-0.25, -0.2) is 13.8 Å². The van der Waals surface area contributed by atoms with Crippen LogP contribution in [0.1, 0.15) is 42.6 Å². The summed E-state index contributed by atoms with van der Waals surface area (Å²) in [5, 5.41) is 11.2. The number of alkyl halides is 2. The molecule has 4 nitrogen and oxygen atoms in total. The number of nitrogens with zero attached hydrogens (tertiary/aromatic N) is 4. The molecule has 0 bridgehead atoms. The van der Waals surface area contributed by atoms with Gasteiger partial charge in [-0.2, -0.15) is 10.2 Å². The highest BCUT2D eigenvalue weighted by Gasteiger charge is 2.39. The first-order valence-corrected chi connectivity index (χ1v) is 10.6. The van der Waals surface area contributed by atoms with Crippen LogP contribution in [0.25, 0.3) is 0 Å². The number of aromatic nitrogens is 2. The number of hydrogen-bond acceptors (Lipinski definition) is 3. The molecule has 0 saturated carbocycles. The molecule has 2 heterocycles. The lowest BCUT2D eigenvalue weighted by atomic mass is 9.97. The van der Waals surface area contributed by atoms with Crippen LogP contribution in [0, 0.1) is 0 Å². The van der Waals surface area contributed by atoms with E-state index in [9.17, 15) is 8.78 Å². The van der Waals surface area contributed by atoms with Gasteiger partial charge in [0.25, 0.3) is 5.92 Å². The molecule has 0 N–H and O–H groups in total. The van der Waals surface area contributed by atoms with Crippen LogP contribution >= 0.6 is 0 Å². The Hall–Kier alpha value is -3.28. The van der Waals surface area contributed by atoms with Crippen molar-refractivity contribution in [2.45, 2.75) is 44.6 Å². The number of hydrazone groups is 1. The minimum atomic E-state index is -2.71. The average Bonchev–Trinajstić information content (AvgIpc) is 3.37. The van der Waals surface area contributed by atoms with Crippen LogP contribution in [0.2, 0.25) is 0 Å². The van der Waals surface area contributed by atoms with Gasteiger partial charge in [-0.3, -0.25) is 4.68 Å². The van der Waals surface area contributed by atoms with E-state index in [1.807, 2.05) is 41.2 Å². The highest BCUT2D eigenvalue weighted by Crippen LogP contribution is 2.41. The first kappa shape index (κ1) is 19.7. The van der Waals surface area contributed by atoms with Crippen LogP contribution in [0.3, 0.4) is 0 Å². The molecule has 0 spiro atoms. The largest absolute Gasteiger partial charge is 0.256 e. The monoisotopic (exact) mass is 418 g/mol. The van der Waals surface area contributed by atoms with Gasteiger partial charge in [-0.05, 0) is 41.7 Å². The summed E-state index contributed by atoms with van der Waals surface area (Å²) in [6, 6.07) is 7.53. The molecule has 1 aromatic carbocycles. The summed E-state index contributed by atoms with van der Waals surface area (Å²) < 4.78 is 30.2. The maximum atomic E-state index is 14.1. The molecule has 5 rings (SSSR count). The van der Waals surface area contributed by atoms with E-state index in [2.05, 4.69) is 30.8 Å². The van der Waals surface area contributed by atoms with Crippen molar-refractivity contribution in [1.29, 1.82) is 0 Å². The molecule has 2 aliphatic carbocycles. The number of benzene rings is 1. The van der Waals surface area contributed by atoms with Gasteiger partial charge in [0.2, 0.25) is 0 Å². The molecule has 6 heteroatoms. The van der Waals surface area contributed by atoms with Gasteiger partial charge in [0, 0.05) is 30.8 Å². The van der Waals surface area contributed by atoms with Crippen molar-refractivity contribution in [3.63, 3.8) is 0 Å². The second-order valence-electron chi connectivity index (χ2n) is 8.18. The highest BCUT2D eigenvalue weighted by atomic mass is 19.3. The Morgan fingerprint density at radius 3 is 2.84 bits per heavy atom. The maximum Gasteiger partial charge on any atom is 0.256 e. The summed E-state index contributed by atoms with van der Waals surface area (Å²) in [5.74, 6) is -2.71. The number of halogens is 2. The molecular formula is C25H24F2N4. The lowest BCUT2D eigenvalue weighted by Crippen LogP contribution is -2.25. The van der Waals surface area contributed by atoms with E-state index in [0.29, 0.717) is 16.8 Å². The van der Waals surface area contributed by atoms with Crippen LogP contribution in [0.15, 0.2) is 83.8 Å². The summed E-state index contributed by atoms with van der Waals surface area (Å²) >= 11 is 0.